The zero-order valence-corrected chi connectivity index (χ0v) is 9.36. The molecule has 86 valence electrons. The highest BCUT2D eigenvalue weighted by molar-refractivity contribution is 5.92. The molecule has 0 saturated heterocycles. The van der Waals surface area contributed by atoms with Gasteiger partial charge in [0.25, 0.3) is 0 Å². The second-order valence-corrected chi connectivity index (χ2v) is 3.49. The van der Waals surface area contributed by atoms with Crippen LogP contribution in [0.15, 0.2) is 18.2 Å². The number of benzene rings is 1. The van der Waals surface area contributed by atoms with E-state index < -0.39 is 0 Å². The topological polar surface area (TPSA) is 44.8 Å². The normalized spacial score (nSPS) is 17.8. The number of hydrogen-bond acceptors (Lipinski definition) is 4. The number of fused-ring (bicyclic) bond motifs is 1. The summed E-state index contributed by atoms with van der Waals surface area (Å²) in [5.74, 6) is 0.400. The first kappa shape index (κ1) is 11.0. The molecule has 0 fully saturated rings. The van der Waals surface area contributed by atoms with Crippen LogP contribution >= 0.6 is 0 Å². The molecule has 1 aromatic carbocycles. The summed E-state index contributed by atoms with van der Waals surface area (Å²) >= 11 is 0. The maximum absolute atomic E-state index is 11.7. The van der Waals surface area contributed by atoms with Gasteiger partial charge in [-0.25, -0.2) is 4.79 Å². The number of methoxy groups -OCH3 is 1. The summed E-state index contributed by atoms with van der Waals surface area (Å²) in [7, 11) is 1.58. The molecule has 16 heavy (non-hydrogen) atoms. The van der Waals surface area contributed by atoms with Crippen molar-refractivity contribution in [2.24, 2.45) is 0 Å². The van der Waals surface area contributed by atoms with Crippen molar-refractivity contribution in [2.75, 3.05) is 13.7 Å². The molecule has 0 aromatic heterocycles. The van der Waals surface area contributed by atoms with Crippen LogP contribution in [0.1, 0.15) is 22.8 Å². The average molecular weight is 222 g/mol. The molecule has 1 atom stereocenters. The van der Waals surface area contributed by atoms with Gasteiger partial charge in [-0.15, -0.1) is 0 Å². The van der Waals surface area contributed by atoms with Crippen molar-refractivity contribution in [3.8, 4) is 5.75 Å². The standard InChI is InChI=1S/C12H14O4/c1-3-15-12(13)8-5-4-6-10-9(8)7-11(14-2)16-10/h4-6,11H,3,7H2,1-2H3. The average Bonchev–Trinajstić information content (AvgIpc) is 2.71. The number of esters is 1. The molecule has 0 saturated carbocycles. The lowest BCUT2D eigenvalue weighted by atomic mass is 10.1. The predicted octanol–water partition coefficient (Wildman–Crippen LogP) is 1.77. The largest absolute Gasteiger partial charge is 0.464 e. The van der Waals surface area contributed by atoms with E-state index in [0.717, 1.165) is 5.56 Å². The zero-order valence-electron chi connectivity index (χ0n) is 9.36. The monoisotopic (exact) mass is 222 g/mol. The Morgan fingerprint density at radius 2 is 2.38 bits per heavy atom. The summed E-state index contributed by atoms with van der Waals surface area (Å²) < 4.78 is 15.6. The summed E-state index contributed by atoms with van der Waals surface area (Å²) in [6.07, 6.45) is 0.284. The first-order chi connectivity index (χ1) is 7.76. The summed E-state index contributed by atoms with van der Waals surface area (Å²) in [5.41, 5.74) is 1.44. The Kier molecular flexibility index (Phi) is 3.10. The van der Waals surface area contributed by atoms with Gasteiger partial charge in [-0.3, -0.25) is 0 Å². The molecule has 1 aromatic rings. The Morgan fingerprint density at radius 3 is 3.06 bits per heavy atom. The number of rotatable bonds is 3. The third kappa shape index (κ3) is 1.88. The summed E-state index contributed by atoms with van der Waals surface area (Å²) in [6, 6.07) is 5.36. The van der Waals surface area contributed by atoms with Gasteiger partial charge < -0.3 is 14.2 Å². The van der Waals surface area contributed by atoms with Gasteiger partial charge in [0, 0.05) is 19.1 Å². The first-order valence-corrected chi connectivity index (χ1v) is 5.24. The highest BCUT2D eigenvalue weighted by Gasteiger charge is 2.27. The minimum absolute atomic E-state index is 0.300. The van der Waals surface area contributed by atoms with Crippen LogP contribution in [0.5, 0.6) is 5.75 Å². The van der Waals surface area contributed by atoms with Crippen LogP contribution in [0, 0.1) is 0 Å². The Morgan fingerprint density at radius 1 is 1.56 bits per heavy atom. The highest BCUT2D eigenvalue weighted by Crippen LogP contribution is 2.32. The summed E-state index contributed by atoms with van der Waals surface area (Å²) in [4.78, 5) is 11.7. The molecule has 0 N–H and O–H groups in total. The van der Waals surface area contributed by atoms with E-state index in [2.05, 4.69) is 0 Å². The van der Waals surface area contributed by atoms with E-state index in [0.29, 0.717) is 24.3 Å². The highest BCUT2D eigenvalue weighted by atomic mass is 16.7. The molecule has 1 unspecified atom stereocenters. The van der Waals surface area contributed by atoms with E-state index in [4.69, 9.17) is 14.2 Å². The van der Waals surface area contributed by atoms with Crippen molar-refractivity contribution in [1.29, 1.82) is 0 Å². The SMILES string of the molecule is CCOC(=O)c1cccc2c1CC(OC)O2. The van der Waals surface area contributed by atoms with Crippen LogP contribution in [0.25, 0.3) is 0 Å². The van der Waals surface area contributed by atoms with E-state index in [1.54, 1.807) is 26.2 Å². The van der Waals surface area contributed by atoms with Gasteiger partial charge in [0.05, 0.1) is 12.2 Å². The van der Waals surface area contributed by atoms with Crippen LogP contribution in [0.4, 0.5) is 0 Å². The van der Waals surface area contributed by atoms with E-state index in [-0.39, 0.29) is 12.3 Å². The molecule has 0 amide bonds. The molecular formula is C12H14O4. The van der Waals surface area contributed by atoms with E-state index in [1.807, 2.05) is 6.07 Å². The third-order valence-electron chi connectivity index (χ3n) is 2.52. The van der Waals surface area contributed by atoms with Crippen LogP contribution in [-0.2, 0) is 15.9 Å². The van der Waals surface area contributed by atoms with Gasteiger partial charge in [-0.2, -0.15) is 0 Å². The summed E-state index contributed by atoms with van der Waals surface area (Å²) in [5, 5.41) is 0. The van der Waals surface area contributed by atoms with Gasteiger partial charge in [-0.1, -0.05) is 6.07 Å². The lowest BCUT2D eigenvalue weighted by molar-refractivity contribution is -0.0367. The molecular weight excluding hydrogens is 208 g/mol. The van der Waals surface area contributed by atoms with Crippen LogP contribution in [0.3, 0.4) is 0 Å². The minimum Gasteiger partial charge on any atom is -0.464 e. The Labute approximate surface area is 94.1 Å². The fourth-order valence-electron chi connectivity index (χ4n) is 1.77. The quantitative estimate of drug-likeness (QED) is 0.731. The molecule has 4 nitrogen and oxygen atoms in total. The van der Waals surface area contributed by atoms with Crippen LogP contribution in [-0.4, -0.2) is 26.0 Å². The molecule has 0 bridgehead atoms. The Balaban J connectivity index is 2.29. The van der Waals surface area contributed by atoms with Crippen LogP contribution in [0.2, 0.25) is 0 Å². The fraction of sp³-hybridized carbons (Fsp3) is 0.417. The van der Waals surface area contributed by atoms with Crippen molar-refractivity contribution in [3.05, 3.63) is 29.3 Å². The lowest BCUT2D eigenvalue weighted by Gasteiger charge is -2.06. The lowest BCUT2D eigenvalue weighted by Crippen LogP contribution is -2.15. The second kappa shape index (κ2) is 4.53. The summed E-state index contributed by atoms with van der Waals surface area (Å²) in [6.45, 7) is 2.16. The number of hydrogen-bond donors (Lipinski definition) is 0. The van der Waals surface area contributed by atoms with Crippen molar-refractivity contribution in [3.63, 3.8) is 0 Å². The predicted molar refractivity (Wildman–Crippen MR) is 57.5 cm³/mol. The minimum atomic E-state index is -0.306. The molecule has 4 heteroatoms. The Hall–Kier alpha value is -1.55. The van der Waals surface area contributed by atoms with Gasteiger partial charge in [0.2, 0.25) is 6.29 Å². The molecule has 1 heterocycles. The van der Waals surface area contributed by atoms with Crippen molar-refractivity contribution in [2.45, 2.75) is 19.6 Å². The molecule has 0 spiro atoms. The molecule has 1 aliphatic rings. The van der Waals surface area contributed by atoms with Gasteiger partial charge in [-0.05, 0) is 19.1 Å². The fourth-order valence-corrected chi connectivity index (χ4v) is 1.77. The second-order valence-electron chi connectivity index (χ2n) is 3.49. The Bertz CT molecular complexity index is 400. The first-order valence-electron chi connectivity index (χ1n) is 5.24. The van der Waals surface area contributed by atoms with E-state index in [1.165, 1.54) is 0 Å². The molecule has 1 aliphatic heterocycles. The van der Waals surface area contributed by atoms with Gasteiger partial charge in [0.1, 0.15) is 5.75 Å². The van der Waals surface area contributed by atoms with Crippen LogP contribution < -0.4 is 4.74 Å². The van der Waals surface area contributed by atoms with Crippen molar-refractivity contribution < 1.29 is 19.0 Å². The number of carbonyl (C=O) groups is 1. The third-order valence-corrected chi connectivity index (χ3v) is 2.52. The maximum atomic E-state index is 11.7. The van der Waals surface area contributed by atoms with E-state index in [9.17, 15) is 4.79 Å². The van der Waals surface area contributed by atoms with Crippen molar-refractivity contribution >= 4 is 5.97 Å². The number of carbonyl (C=O) groups excluding carboxylic acids is 1. The maximum Gasteiger partial charge on any atom is 0.338 e. The number of ether oxygens (including phenoxy) is 3. The van der Waals surface area contributed by atoms with E-state index >= 15 is 0 Å². The molecule has 2 rings (SSSR count). The van der Waals surface area contributed by atoms with Crippen molar-refractivity contribution in [1.82, 2.24) is 0 Å². The molecule has 0 radical (unpaired) electrons. The zero-order chi connectivity index (χ0) is 11.5. The smallest absolute Gasteiger partial charge is 0.338 e. The van der Waals surface area contributed by atoms with Gasteiger partial charge >= 0.3 is 5.97 Å². The van der Waals surface area contributed by atoms with Gasteiger partial charge in [0.15, 0.2) is 0 Å². The molecule has 0 aliphatic carbocycles.